The highest BCUT2D eigenvalue weighted by Gasteiger charge is 2.41. The molecule has 258 valence electrons. The van der Waals surface area contributed by atoms with Crippen molar-refractivity contribution in [3.05, 3.63) is 93.8 Å². The fraction of sp³-hybridized carbons (Fsp3) is 0.652. The molecule has 8 atom stereocenters. The third kappa shape index (κ3) is 6.86. The lowest BCUT2D eigenvalue weighted by molar-refractivity contribution is 0.169. The second-order valence-electron chi connectivity index (χ2n) is 17.0. The molecular formula is C46H64N2. The van der Waals surface area contributed by atoms with E-state index >= 15 is 0 Å². The van der Waals surface area contributed by atoms with E-state index in [-0.39, 0.29) is 0 Å². The molecule has 8 unspecified atom stereocenters. The van der Waals surface area contributed by atoms with Crippen molar-refractivity contribution >= 4 is 0 Å². The highest BCUT2D eigenvalue weighted by molar-refractivity contribution is 5.43. The predicted octanol–water partition coefficient (Wildman–Crippen LogP) is 11.2. The van der Waals surface area contributed by atoms with Crippen LogP contribution < -0.4 is 10.6 Å². The van der Waals surface area contributed by atoms with Crippen molar-refractivity contribution in [1.29, 1.82) is 0 Å². The van der Waals surface area contributed by atoms with Gasteiger partial charge in [-0.15, -0.1) is 0 Å². The zero-order chi connectivity index (χ0) is 32.3. The molecule has 0 aromatic heterocycles. The smallest absolute Gasteiger partial charge is 0.0209 e. The van der Waals surface area contributed by atoms with Gasteiger partial charge in [-0.1, -0.05) is 78.3 Å². The Morgan fingerprint density at radius 1 is 0.812 bits per heavy atom. The van der Waals surface area contributed by atoms with Crippen molar-refractivity contribution in [2.45, 2.75) is 122 Å². The Hall–Kier alpha value is -2.32. The van der Waals surface area contributed by atoms with Crippen LogP contribution in [0.1, 0.15) is 122 Å². The Bertz CT molecular complexity index is 1420. The summed E-state index contributed by atoms with van der Waals surface area (Å²) in [6, 6.07) is 0. The maximum absolute atomic E-state index is 4.20. The van der Waals surface area contributed by atoms with Gasteiger partial charge in [0.15, 0.2) is 0 Å². The molecule has 0 amide bonds. The van der Waals surface area contributed by atoms with Crippen LogP contribution in [-0.4, -0.2) is 19.6 Å². The molecule has 2 N–H and O–H groups in total. The zero-order valence-corrected chi connectivity index (χ0v) is 30.2. The lowest BCUT2D eigenvalue weighted by Crippen LogP contribution is -2.38. The van der Waals surface area contributed by atoms with Crippen LogP contribution in [0, 0.1) is 47.3 Å². The van der Waals surface area contributed by atoms with Crippen molar-refractivity contribution in [1.82, 2.24) is 10.6 Å². The highest BCUT2D eigenvalue weighted by atomic mass is 14.9. The van der Waals surface area contributed by atoms with Crippen LogP contribution in [0.5, 0.6) is 0 Å². The Morgan fingerprint density at radius 2 is 1.75 bits per heavy atom. The van der Waals surface area contributed by atoms with Crippen molar-refractivity contribution in [3.63, 3.8) is 0 Å². The summed E-state index contributed by atoms with van der Waals surface area (Å²) in [5.41, 5.74) is 12.0. The largest absolute Gasteiger partial charge is 0.388 e. The summed E-state index contributed by atoms with van der Waals surface area (Å²) < 4.78 is 0. The van der Waals surface area contributed by atoms with Crippen LogP contribution in [0.3, 0.4) is 0 Å². The van der Waals surface area contributed by atoms with E-state index in [2.05, 4.69) is 72.2 Å². The lowest BCUT2D eigenvalue weighted by Gasteiger charge is -2.44. The van der Waals surface area contributed by atoms with Gasteiger partial charge in [0, 0.05) is 24.1 Å². The first-order valence-electron chi connectivity index (χ1n) is 20.7. The highest BCUT2D eigenvalue weighted by Crippen LogP contribution is 2.50. The first kappa shape index (κ1) is 32.9. The SMILES string of the molecule is CC(CCC(CNC1=C2CCCCC2=CCC1)C1=CCC(C2CCNC2)C2CCC=CC12)C1=C2C=CC=CC2C(C2=CCCCC2)CC1. The Kier molecular flexibility index (Phi) is 10.5. The summed E-state index contributed by atoms with van der Waals surface area (Å²) in [5.74, 6) is 5.89. The van der Waals surface area contributed by atoms with Crippen LogP contribution in [0.15, 0.2) is 93.8 Å². The van der Waals surface area contributed by atoms with Gasteiger partial charge in [-0.2, -0.15) is 0 Å². The molecule has 2 nitrogen and oxygen atoms in total. The number of nitrogens with one attached hydrogen (secondary N) is 2. The zero-order valence-electron chi connectivity index (χ0n) is 30.2. The van der Waals surface area contributed by atoms with Crippen LogP contribution >= 0.6 is 0 Å². The molecule has 8 aliphatic rings. The minimum Gasteiger partial charge on any atom is -0.388 e. The maximum atomic E-state index is 4.20. The number of fused-ring (bicyclic) bond motifs is 3. The van der Waals surface area contributed by atoms with Crippen LogP contribution in [0.2, 0.25) is 0 Å². The van der Waals surface area contributed by atoms with E-state index in [4.69, 9.17) is 0 Å². The maximum Gasteiger partial charge on any atom is 0.0209 e. The molecule has 0 aromatic carbocycles. The van der Waals surface area contributed by atoms with Crippen molar-refractivity contribution < 1.29 is 0 Å². The summed E-state index contributed by atoms with van der Waals surface area (Å²) in [6.45, 7) is 6.19. The Morgan fingerprint density at radius 3 is 2.65 bits per heavy atom. The van der Waals surface area contributed by atoms with Crippen molar-refractivity contribution in [2.75, 3.05) is 19.6 Å². The lowest BCUT2D eigenvalue weighted by atomic mass is 9.61. The van der Waals surface area contributed by atoms with Crippen LogP contribution in [-0.2, 0) is 0 Å². The van der Waals surface area contributed by atoms with Crippen molar-refractivity contribution in [3.8, 4) is 0 Å². The van der Waals surface area contributed by atoms with Crippen LogP contribution in [0.25, 0.3) is 0 Å². The monoisotopic (exact) mass is 645 g/mol. The molecule has 2 fully saturated rings. The molecule has 2 heteroatoms. The van der Waals surface area contributed by atoms with Gasteiger partial charge in [0.25, 0.3) is 0 Å². The minimum absolute atomic E-state index is 0.608. The number of allylic oxidation sites excluding steroid dienone is 15. The number of hydrogen-bond acceptors (Lipinski definition) is 2. The third-order valence-electron chi connectivity index (χ3n) is 14.4. The van der Waals surface area contributed by atoms with Gasteiger partial charge >= 0.3 is 0 Å². The summed E-state index contributed by atoms with van der Waals surface area (Å²) in [4.78, 5) is 0. The molecule has 1 aliphatic heterocycles. The summed E-state index contributed by atoms with van der Waals surface area (Å²) in [7, 11) is 0. The van der Waals surface area contributed by atoms with E-state index < -0.39 is 0 Å². The van der Waals surface area contributed by atoms with E-state index in [0.29, 0.717) is 23.7 Å². The van der Waals surface area contributed by atoms with Crippen LogP contribution in [0.4, 0.5) is 0 Å². The average molecular weight is 645 g/mol. The molecule has 7 aliphatic carbocycles. The average Bonchev–Trinajstić information content (AvgIpc) is 3.69. The Labute approximate surface area is 293 Å². The molecule has 1 saturated heterocycles. The van der Waals surface area contributed by atoms with Gasteiger partial charge in [-0.25, -0.2) is 0 Å². The van der Waals surface area contributed by atoms with Gasteiger partial charge in [-0.05, 0) is 181 Å². The topological polar surface area (TPSA) is 24.1 Å². The summed E-state index contributed by atoms with van der Waals surface area (Å²) in [5, 5.41) is 7.90. The van der Waals surface area contributed by atoms with Crippen molar-refractivity contribution in [2.24, 2.45) is 47.3 Å². The van der Waals surface area contributed by atoms with Gasteiger partial charge in [0.1, 0.15) is 0 Å². The normalized spacial score (nSPS) is 34.5. The molecule has 0 radical (unpaired) electrons. The quantitative estimate of drug-likeness (QED) is 0.231. The number of hydrogen-bond donors (Lipinski definition) is 2. The molecule has 0 aromatic rings. The van der Waals surface area contributed by atoms with E-state index in [1.165, 1.54) is 129 Å². The molecule has 1 heterocycles. The van der Waals surface area contributed by atoms with Gasteiger partial charge in [-0.3, -0.25) is 0 Å². The second-order valence-corrected chi connectivity index (χ2v) is 17.0. The molecular weight excluding hydrogens is 581 g/mol. The third-order valence-corrected chi connectivity index (χ3v) is 14.4. The standard InChI is InChI=1S/C46H64N2/c1-32(37-24-25-38(33-12-3-2-4-13-33)43-18-8-7-17-42(37)43)22-23-35(31-48-46-21-11-15-34-14-5-6-16-41(34)46)39-26-27-40(36-28-29-47-30-36)45-20-10-9-19-44(39)45/h7-9,12,15,17-19,26,32,35-36,38,40,43-45,47-48H,2-6,10-11,13-14,16,20-25,27-31H2,1H3. The molecule has 0 bridgehead atoms. The van der Waals surface area contributed by atoms with E-state index in [1.807, 2.05) is 5.57 Å². The Balaban J connectivity index is 1.04. The van der Waals surface area contributed by atoms with Gasteiger partial charge < -0.3 is 10.6 Å². The summed E-state index contributed by atoms with van der Waals surface area (Å²) in [6.07, 6.45) is 46.8. The molecule has 8 rings (SSSR count). The predicted molar refractivity (Wildman–Crippen MR) is 203 cm³/mol. The van der Waals surface area contributed by atoms with Gasteiger partial charge in [0.05, 0.1) is 0 Å². The molecule has 0 spiro atoms. The van der Waals surface area contributed by atoms with E-state index in [0.717, 1.165) is 30.2 Å². The summed E-state index contributed by atoms with van der Waals surface area (Å²) >= 11 is 0. The van der Waals surface area contributed by atoms with Gasteiger partial charge in [0.2, 0.25) is 0 Å². The molecule has 1 saturated carbocycles. The first-order valence-corrected chi connectivity index (χ1v) is 20.7. The van der Waals surface area contributed by atoms with E-state index in [1.54, 1.807) is 33.6 Å². The second kappa shape index (κ2) is 15.3. The minimum atomic E-state index is 0.608. The fourth-order valence-corrected chi connectivity index (χ4v) is 11.8. The number of rotatable bonds is 10. The first-order chi connectivity index (χ1) is 23.7. The fourth-order valence-electron chi connectivity index (χ4n) is 11.8. The molecule has 48 heavy (non-hydrogen) atoms. The van der Waals surface area contributed by atoms with E-state index in [9.17, 15) is 0 Å².